The molecule has 17 N–H and O–H groups in total. The molecular weight excluding hydrogens is 1610 g/mol. The Morgan fingerprint density at radius 1 is 0.484 bits per heavy atom. The molecule has 35 nitrogen and oxygen atoms in total. The Labute approximate surface area is 725 Å². The summed E-state index contributed by atoms with van der Waals surface area (Å²) in [5.74, 6) is -16.8. The summed E-state index contributed by atoms with van der Waals surface area (Å²) >= 11 is 0.843. The summed E-state index contributed by atoms with van der Waals surface area (Å²) in [4.78, 5) is 241. The van der Waals surface area contributed by atoms with Crippen LogP contribution in [0.2, 0.25) is 0 Å². The third kappa shape index (κ3) is 29.6. The normalized spacial score (nSPS) is 22.4. The summed E-state index contributed by atoms with van der Waals surface area (Å²) in [6.07, 6.45) is 0.635. The van der Waals surface area contributed by atoms with Gasteiger partial charge in [0.15, 0.2) is 0 Å². The molecule has 0 aliphatic carbocycles. The van der Waals surface area contributed by atoms with Crippen LogP contribution in [0.1, 0.15) is 100 Å². The molecule has 6 aromatic rings. The van der Waals surface area contributed by atoms with Gasteiger partial charge in [0.05, 0.1) is 31.8 Å². The van der Waals surface area contributed by atoms with E-state index < -0.39 is 205 Å². The van der Waals surface area contributed by atoms with E-state index in [0.717, 1.165) is 32.0 Å². The first-order chi connectivity index (χ1) is 59.0. The number of aromatic amines is 1. The van der Waals surface area contributed by atoms with Crippen molar-refractivity contribution in [2.75, 3.05) is 72.9 Å². The number of aliphatic carboxylic acids is 1. The number of primary amides is 1. The third-order valence-corrected chi connectivity index (χ3v) is 22.3. The van der Waals surface area contributed by atoms with Gasteiger partial charge in [0.25, 0.3) is 0 Å². The number of unbranched alkanes of at least 4 members (excludes halogenated alkanes) is 1. The zero-order valence-corrected chi connectivity index (χ0v) is 72.6. The van der Waals surface area contributed by atoms with E-state index in [4.69, 9.17) is 17.2 Å². The van der Waals surface area contributed by atoms with E-state index in [1.165, 1.54) is 45.0 Å². The maximum atomic E-state index is 15.5. The van der Waals surface area contributed by atoms with Crippen LogP contribution in [0, 0.1) is 11.8 Å². The SMILES string of the molecule is CCCC[C@H]1C(=O)N(C)CC(=O)N[C@@H](CC(=O)O)C(=O)N[C@@H](C(C)C)C(=O)N(C)[C@@H](Cc2ccccc2)C(=O)N[C@@H](CN)C(=O)N(C)CC(=O)N[C@@H](Cc2c[nH]c3ccccc23)C(=O)N[C@@H](Cc2ccc(CN)cc2)C(=O)N[C@@H](CC(C)C)C(=O)N[C@H](C(=O)NCC(N)=O)CSCC(=O)N[C@@H](Cc2ccccc2)C(=O)N(C)[C@@H](Cc2ccccc2)C(=O)N1C. The van der Waals surface area contributed by atoms with E-state index in [-0.39, 0.29) is 63.2 Å². The van der Waals surface area contributed by atoms with Gasteiger partial charge in [-0.3, -0.25) is 76.7 Å². The van der Waals surface area contributed by atoms with Gasteiger partial charge < -0.3 is 99.6 Å². The van der Waals surface area contributed by atoms with Crippen molar-refractivity contribution in [2.24, 2.45) is 29.0 Å². The van der Waals surface area contributed by atoms with Crippen molar-refractivity contribution in [3.63, 3.8) is 0 Å². The van der Waals surface area contributed by atoms with Crippen molar-refractivity contribution in [3.05, 3.63) is 179 Å². The first-order valence-corrected chi connectivity index (χ1v) is 42.4. The van der Waals surface area contributed by atoms with E-state index in [0.29, 0.717) is 51.6 Å². The lowest BCUT2D eigenvalue weighted by Gasteiger charge is -2.37. The van der Waals surface area contributed by atoms with Gasteiger partial charge in [-0.1, -0.05) is 181 Å². The van der Waals surface area contributed by atoms with Gasteiger partial charge in [-0.25, -0.2) is 0 Å². The van der Waals surface area contributed by atoms with Crippen molar-refractivity contribution < 1.29 is 81.8 Å². The Bertz CT molecular complexity index is 4700. The second kappa shape index (κ2) is 48.3. The fourth-order valence-electron chi connectivity index (χ4n) is 14.3. The van der Waals surface area contributed by atoms with Gasteiger partial charge >= 0.3 is 5.97 Å². The highest BCUT2D eigenvalue weighted by Crippen LogP contribution is 2.24. The van der Waals surface area contributed by atoms with Crippen LogP contribution in [0.25, 0.3) is 10.9 Å². The van der Waals surface area contributed by atoms with Crippen LogP contribution >= 0.6 is 11.8 Å². The first kappa shape index (κ1) is 98.5. The zero-order chi connectivity index (χ0) is 91.0. The van der Waals surface area contributed by atoms with Gasteiger partial charge in [-0.2, -0.15) is 0 Å². The first-order valence-electron chi connectivity index (χ1n) is 41.2. The molecule has 0 spiro atoms. The van der Waals surface area contributed by atoms with Crippen LogP contribution in [0.5, 0.6) is 0 Å². The van der Waals surface area contributed by atoms with Crippen LogP contribution in [0.4, 0.5) is 0 Å². The highest BCUT2D eigenvalue weighted by Gasteiger charge is 2.42. The van der Waals surface area contributed by atoms with Gasteiger partial charge in [0, 0.05) is 103 Å². The quantitative estimate of drug-likeness (QED) is 0.0404. The van der Waals surface area contributed by atoms with Crippen molar-refractivity contribution >= 4 is 117 Å². The van der Waals surface area contributed by atoms with Crippen LogP contribution in [0.15, 0.2) is 146 Å². The molecule has 1 aliphatic heterocycles. The maximum Gasteiger partial charge on any atom is 0.305 e. The number of nitrogens with zero attached hydrogens (tertiary/aromatic N) is 5. The molecule has 1 fully saturated rings. The number of carboxylic acids is 1. The van der Waals surface area contributed by atoms with Gasteiger partial charge in [0.1, 0.15) is 66.5 Å². The molecule has 36 heteroatoms. The molecule has 1 aliphatic rings. The predicted molar refractivity (Wildman–Crippen MR) is 466 cm³/mol. The van der Waals surface area contributed by atoms with Crippen molar-refractivity contribution in [1.29, 1.82) is 0 Å². The zero-order valence-electron chi connectivity index (χ0n) is 71.7. The van der Waals surface area contributed by atoms with E-state index >= 15 is 24.0 Å². The minimum Gasteiger partial charge on any atom is -0.481 e. The van der Waals surface area contributed by atoms with Gasteiger partial charge in [-0.15, -0.1) is 11.8 Å². The number of carbonyl (C=O) groups is 16. The number of amides is 15. The number of hydrogen-bond acceptors (Lipinski definition) is 19. The average Bonchev–Trinajstić information content (AvgIpc) is 1.64. The number of rotatable bonds is 23. The molecule has 124 heavy (non-hydrogen) atoms. The number of nitrogens with one attached hydrogen (secondary N) is 10. The third-order valence-electron chi connectivity index (χ3n) is 21.2. The summed E-state index contributed by atoms with van der Waals surface area (Å²) < 4.78 is 0. The van der Waals surface area contributed by atoms with Crippen LogP contribution in [-0.4, -0.2) is 269 Å². The molecule has 15 amide bonds. The largest absolute Gasteiger partial charge is 0.481 e. The number of H-pyrrole nitrogens is 1. The molecule has 5 aromatic carbocycles. The molecule has 7 rings (SSSR count). The lowest BCUT2D eigenvalue weighted by atomic mass is 9.98. The minimum absolute atomic E-state index is 0.0403. The monoisotopic (exact) mass is 1730 g/mol. The summed E-state index contributed by atoms with van der Waals surface area (Å²) in [5, 5.41) is 34.7. The number of benzene rings is 5. The van der Waals surface area contributed by atoms with Gasteiger partial charge in [-0.05, 0) is 64.1 Å². The van der Waals surface area contributed by atoms with E-state index in [1.807, 2.05) is 6.92 Å². The highest BCUT2D eigenvalue weighted by molar-refractivity contribution is 8.00. The van der Waals surface area contributed by atoms with Crippen LogP contribution < -0.4 is 65.1 Å². The highest BCUT2D eigenvalue weighted by atomic mass is 32.2. The summed E-state index contributed by atoms with van der Waals surface area (Å²) in [5.41, 5.74) is 21.9. The molecule has 0 unspecified atom stereocenters. The lowest BCUT2D eigenvalue weighted by molar-refractivity contribution is -0.151. The minimum atomic E-state index is -1.88. The number of para-hydroxylation sites is 1. The van der Waals surface area contributed by atoms with Crippen molar-refractivity contribution in [1.82, 2.24) is 77.3 Å². The van der Waals surface area contributed by atoms with E-state index in [2.05, 4.69) is 52.8 Å². The molecule has 668 valence electrons. The number of nitrogens with two attached hydrogens (primary N) is 3. The summed E-state index contributed by atoms with van der Waals surface area (Å²) in [6, 6.07) is 23.1. The second-order valence-corrected chi connectivity index (χ2v) is 32.8. The number of aromatic nitrogens is 1. The Morgan fingerprint density at radius 3 is 1.52 bits per heavy atom. The Balaban J connectivity index is 1.31. The fraction of sp³-hybridized carbons (Fsp3) is 0.455. The predicted octanol–water partition coefficient (Wildman–Crippen LogP) is 0.0901. The molecule has 11 atom stereocenters. The number of carbonyl (C=O) groups excluding carboxylic acids is 15. The smallest absolute Gasteiger partial charge is 0.305 e. The molecule has 2 heterocycles. The molecule has 1 aromatic heterocycles. The molecule has 0 bridgehead atoms. The Morgan fingerprint density at radius 2 is 0.960 bits per heavy atom. The standard InChI is InChI=1S/C88H118N18O17S/c1-11-12-32-69-86(121)103(7)49-74(109)95-65(43-76(111)112)82(117)101-77(53(4)5)88(123)105(9)70(40-55-26-18-14-19-27-55)83(118)99-67(45-90)84(119)102(6)48-73(108)94-64(42-59-46-92-61-31-23-22-30-60(59)61)81(116)98-63(38-57-33-35-58(44-89)36-34-57)80(115)97-62(37-52(2)3)79(114)100-68(78(113)93-47-72(91)107)50-124-51-75(110)96-66(39-54-24-16-13-17-25-54)85(120)106(10)71(87(122)104(69)8)41-56-28-20-15-21-29-56/h13-31,33-36,46,52-53,62-71,77,92H,11-12,32,37-45,47-51,89-90H2,1-10H3,(H2,91,107)(H,93,113)(H,94,108)(H,95,109)(H,96,110)(H,97,115)(H,98,116)(H,99,118)(H,100,114)(H,101,117)(H,111,112)/t62-,63-,64-,65-,66-,67-,68-,69-,70-,71-,77-/m0/s1. The number of thioether (sulfide) groups is 1. The topological polar surface area (TPSA) is 512 Å². The summed E-state index contributed by atoms with van der Waals surface area (Å²) in [6.45, 7) is 5.88. The number of fused-ring (bicyclic) bond motifs is 1. The van der Waals surface area contributed by atoms with Gasteiger partial charge in [0.2, 0.25) is 88.6 Å². The number of hydrogen-bond donors (Lipinski definition) is 14. The molecule has 1 saturated heterocycles. The van der Waals surface area contributed by atoms with Crippen molar-refractivity contribution in [3.8, 4) is 0 Å². The molecule has 0 radical (unpaired) electrons. The van der Waals surface area contributed by atoms with Crippen molar-refractivity contribution in [2.45, 2.75) is 172 Å². The molecule has 0 saturated carbocycles. The van der Waals surface area contributed by atoms with E-state index in [1.54, 1.807) is 173 Å². The lowest BCUT2D eigenvalue weighted by Crippen LogP contribution is -2.61. The Kier molecular flexibility index (Phi) is 38.4. The second-order valence-electron chi connectivity index (χ2n) is 31.8. The fourth-order valence-corrected chi connectivity index (χ4v) is 15.1. The average molecular weight is 1730 g/mol. The Hall–Kier alpha value is -12.6. The summed E-state index contributed by atoms with van der Waals surface area (Å²) in [7, 11) is 6.53. The number of carboxylic acid groups (broad SMARTS) is 1. The maximum absolute atomic E-state index is 15.5. The molecular formula is C88H118N18O17S. The van der Waals surface area contributed by atoms with Crippen LogP contribution in [-0.2, 0) is 115 Å². The number of likely N-dealkylation sites (N-methyl/N-ethyl adjacent to an activating group) is 5. The van der Waals surface area contributed by atoms with E-state index in [9.17, 15) is 57.8 Å². The van der Waals surface area contributed by atoms with Crippen LogP contribution in [0.3, 0.4) is 0 Å².